The van der Waals surface area contributed by atoms with Crippen LogP contribution >= 0.6 is 0 Å². The smallest absolute Gasteiger partial charge is 0.257 e. The van der Waals surface area contributed by atoms with E-state index in [0.717, 1.165) is 12.1 Å². The van der Waals surface area contributed by atoms with Gasteiger partial charge in [-0.05, 0) is 19.1 Å². The highest BCUT2D eigenvalue weighted by molar-refractivity contribution is 5.94. The van der Waals surface area contributed by atoms with Gasteiger partial charge in [0.2, 0.25) is 5.91 Å². The van der Waals surface area contributed by atoms with Gasteiger partial charge in [-0.3, -0.25) is 14.5 Å². The minimum Gasteiger partial charge on any atom is -0.368 e. The lowest BCUT2D eigenvalue weighted by molar-refractivity contribution is -0.123. The van der Waals surface area contributed by atoms with Gasteiger partial charge in [0.1, 0.15) is 0 Å². The molecule has 1 saturated heterocycles. The first-order valence-corrected chi connectivity index (χ1v) is 6.79. The Balaban J connectivity index is 2.07. The molecule has 1 fully saturated rings. The minimum absolute atomic E-state index is 0.245. The van der Waals surface area contributed by atoms with Gasteiger partial charge in [0, 0.05) is 26.2 Å². The summed E-state index contributed by atoms with van der Waals surface area (Å²) in [5, 5.41) is 0. The highest BCUT2D eigenvalue weighted by atomic mass is 19.2. The van der Waals surface area contributed by atoms with Crippen LogP contribution < -0.4 is 5.73 Å². The van der Waals surface area contributed by atoms with Crippen LogP contribution in [0.1, 0.15) is 17.3 Å². The van der Waals surface area contributed by atoms with Gasteiger partial charge in [0.25, 0.3) is 5.91 Å². The van der Waals surface area contributed by atoms with Gasteiger partial charge >= 0.3 is 0 Å². The molecule has 2 amide bonds. The van der Waals surface area contributed by atoms with Crippen molar-refractivity contribution in [3.8, 4) is 0 Å². The fraction of sp³-hybridized carbons (Fsp3) is 0.429. The van der Waals surface area contributed by atoms with Gasteiger partial charge in [0.15, 0.2) is 17.5 Å². The van der Waals surface area contributed by atoms with E-state index in [4.69, 9.17) is 5.73 Å². The van der Waals surface area contributed by atoms with Gasteiger partial charge in [-0.25, -0.2) is 13.2 Å². The van der Waals surface area contributed by atoms with E-state index in [2.05, 4.69) is 0 Å². The zero-order chi connectivity index (χ0) is 16.4. The number of nitrogens with two attached hydrogens (primary N) is 1. The normalized spacial score (nSPS) is 17.4. The van der Waals surface area contributed by atoms with Crippen LogP contribution in [-0.4, -0.2) is 53.8 Å². The molecule has 8 heteroatoms. The van der Waals surface area contributed by atoms with Crippen LogP contribution in [0.4, 0.5) is 13.2 Å². The number of rotatable bonds is 3. The van der Waals surface area contributed by atoms with Crippen molar-refractivity contribution in [1.29, 1.82) is 0 Å². The summed E-state index contributed by atoms with van der Waals surface area (Å²) in [5.74, 6) is -5.66. The summed E-state index contributed by atoms with van der Waals surface area (Å²) in [7, 11) is 0. The lowest BCUT2D eigenvalue weighted by Gasteiger charge is -2.37. The molecular weight excluding hydrogens is 299 g/mol. The van der Waals surface area contributed by atoms with Crippen LogP contribution in [0, 0.1) is 17.5 Å². The highest BCUT2D eigenvalue weighted by Crippen LogP contribution is 2.18. The molecule has 22 heavy (non-hydrogen) atoms. The minimum atomic E-state index is -1.66. The first-order valence-electron chi connectivity index (χ1n) is 6.79. The predicted molar refractivity (Wildman–Crippen MR) is 72.4 cm³/mol. The average molecular weight is 315 g/mol. The van der Waals surface area contributed by atoms with Crippen molar-refractivity contribution in [1.82, 2.24) is 9.80 Å². The average Bonchev–Trinajstić information content (AvgIpc) is 2.51. The summed E-state index contributed by atoms with van der Waals surface area (Å²) in [6.07, 6.45) is 0. The number of hydrogen-bond acceptors (Lipinski definition) is 3. The Morgan fingerprint density at radius 1 is 1.09 bits per heavy atom. The molecule has 1 aliphatic rings. The second kappa shape index (κ2) is 6.35. The molecule has 0 bridgehead atoms. The first-order chi connectivity index (χ1) is 10.3. The van der Waals surface area contributed by atoms with Crippen molar-refractivity contribution < 1.29 is 22.8 Å². The largest absolute Gasteiger partial charge is 0.368 e. The number of hydrogen-bond donors (Lipinski definition) is 1. The number of carbonyl (C=O) groups is 2. The van der Waals surface area contributed by atoms with Crippen molar-refractivity contribution in [2.45, 2.75) is 13.0 Å². The quantitative estimate of drug-likeness (QED) is 0.837. The third-order valence-electron chi connectivity index (χ3n) is 3.83. The second-order valence-electron chi connectivity index (χ2n) is 5.13. The molecule has 1 aromatic carbocycles. The molecule has 120 valence electrons. The molecule has 1 atom stereocenters. The number of benzene rings is 1. The summed E-state index contributed by atoms with van der Waals surface area (Å²) in [6.45, 7) is 2.93. The van der Waals surface area contributed by atoms with E-state index < -0.39 is 40.9 Å². The van der Waals surface area contributed by atoms with E-state index in [1.165, 1.54) is 4.90 Å². The third kappa shape index (κ3) is 3.06. The summed E-state index contributed by atoms with van der Waals surface area (Å²) >= 11 is 0. The van der Waals surface area contributed by atoms with Crippen LogP contribution in [-0.2, 0) is 4.79 Å². The third-order valence-corrected chi connectivity index (χ3v) is 3.83. The number of primary amides is 1. The Hall–Kier alpha value is -2.09. The zero-order valence-corrected chi connectivity index (χ0v) is 12.0. The first kappa shape index (κ1) is 16.3. The molecule has 0 radical (unpaired) electrons. The second-order valence-corrected chi connectivity index (χ2v) is 5.13. The highest BCUT2D eigenvalue weighted by Gasteiger charge is 2.29. The van der Waals surface area contributed by atoms with Crippen molar-refractivity contribution in [2.24, 2.45) is 5.73 Å². The summed E-state index contributed by atoms with van der Waals surface area (Å²) < 4.78 is 39.7. The van der Waals surface area contributed by atoms with Crippen molar-refractivity contribution in [3.05, 3.63) is 35.1 Å². The molecule has 2 rings (SSSR count). The maximum absolute atomic E-state index is 13.6. The molecular formula is C14H16F3N3O2. The molecule has 1 aliphatic heterocycles. The Bertz CT molecular complexity index is 601. The molecule has 0 saturated carbocycles. The molecule has 1 heterocycles. The lowest BCUT2D eigenvalue weighted by atomic mass is 10.1. The van der Waals surface area contributed by atoms with E-state index in [9.17, 15) is 22.8 Å². The van der Waals surface area contributed by atoms with E-state index in [1.54, 1.807) is 11.8 Å². The Labute approximate surface area is 125 Å². The van der Waals surface area contributed by atoms with Crippen LogP contribution in [0.5, 0.6) is 0 Å². The van der Waals surface area contributed by atoms with Gasteiger partial charge in [-0.2, -0.15) is 0 Å². The van der Waals surface area contributed by atoms with E-state index in [0.29, 0.717) is 13.1 Å². The van der Waals surface area contributed by atoms with Crippen LogP contribution in [0.15, 0.2) is 12.1 Å². The van der Waals surface area contributed by atoms with Crippen LogP contribution in [0.3, 0.4) is 0 Å². The fourth-order valence-electron chi connectivity index (χ4n) is 2.35. The summed E-state index contributed by atoms with van der Waals surface area (Å²) in [4.78, 5) is 26.4. The molecule has 5 nitrogen and oxygen atoms in total. The maximum Gasteiger partial charge on any atom is 0.257 e. The number of halogens is 3. The Kier molecular flexibility index (Phi) is 4.70. The van der Waals surface area contributed by atoms with Crippen molar-refractivity contribution >= 4 is 11.8 Å². The zero-order valence-electron chi connectivity index (χ0n) is 12.0. The summed E-state index contributed by atoms with van der Waals surface area (Å²) in [6, 6.07) is 1.18. The molecule has 0 aromatic heterocycles. The van der Waals surface area contributed by atoms with E-state index in [-0.39, 0.29) is 13.1 Å². The monoisotopic (exact) mass is 315 g/mol. The molecule has 1 aromatic rings. The van der Waals surface area contributed by atoms with Crippen LogP contribution in [0.25, 0.3) is 0 Å². The van der Waals surface area contributed by atoms with E-state index >= 15 is 0 Å². The number of piperazine rings is 1. The Morgan fingerprint density at radius 3 is 2.23 bits per heavy atom. The van der Waals surface area contributed by atoms with Gasteiger partial charge < -0.3 is 10.6 Å². The topological polar surface area (TPSA) is 66.6 Å². The SMILES string of the molecule is CC(C(N)=O)N1CCN(C(=O)c2ccc(F)c(F)c2F)CC1. The number of nitrogens with zero attached hydrogens (tertiary/aromatic N) is 2. The number of amides is 2. The molecule has 0 spiro atoms. The maximum atomic E-state index is 13.6. The molecule has 0 aliphatic carbocycles. The van der Waals surface area contributed by atoms with Crippen molar-refractivity contribution in [2.75, 3.05) is 26.2 Å². The lowest BCUT2D eigenvalue weighted by Crippen LogP contribution is -2.54. The van der Waals surface area contributed by atoms with Gasteiger partial charge in [-0.15, -0.1) is 0 Å². The fourth-order valence-corrected chi connectivity index (χ4v) is 2.35. The van der Waals surface area contributed by atoms with Gasteiger partial charge in [-0.1, -0.05) is 0 Å². The van der Waals surface area contributed by atoms with E-state index in [1.807, 2.05) is 0 Å². The Morgan fingerprint density at radius 2 is 1.68 bits per heavy atom. The number of carbonyl (C=O) groups excluding carboxylic acids is 2. The van der Waals surface area contributed by atoms with Crippen molar-refractivity contribution in [3.63, 3.8) is 0 Å². The predicted octanol–water partition coefficient (Wildman–Crippen LogP) is 0.736. The summed E-state index contributed by atoms with van der Waals surface area (Å²) in [5.41, 5.74) is 4.71. The molecule has 2 N–H and O–H groups in total. The van der Waals surface area contributed by atoms with Crippen LogP contribution in [0.2, 0.25) is 0 Å². The standard InChI is InChI=1S/C14H16F3N3O2/c1-8(13(18)21)19-4-6-20(7-5-19)14(22)9-2-3-10(15)12(17)11(9)16/h2-3,8H,4-7H2,1H3,(H2,18,21). The van der Waals surface area contributed by atoms with Gasteiger partial charge in [0.05, 0.1) is 11.6 Å². The molecule has 1 unspecified atom stereocenters.